The van der Waals surface area contributed by atoms with Crippen molar-refractivity contribution >= 4 is 53.6 Å². The van der Waals surface area contributed by atoms with Crippen LogP contribution in [0.3, 0.4) is 0 Å². The van der Waals surface area contributed by atoms with Gasteiger partial charge in [-0.3, -0.25) is 4.79 Å². The van der Waals surface area contributed by atoms with E-state index < -0.39 is 0 Å². The van der Waals surface area contributed by atoms with Gasteiger partial charge in [-0.1, -0.05) is 44.0 Å². The normalized spacial score (nSPS) is 10.9. The van der Waals surface area contributed by atoms with Crippen molar-refractivity contribution in [2.24, 2.45) is 0 Å². The number of alkyl halides is 1. The number of benzene rings is 2. The van der Waals surface area contributed by atoms with Gasteiger partial charge in [0, 0.05) is 20.9 Å². The van der Waals surface area contributed by atoms with Gasteiger partial charge >= 0.3 is 0 Å². The zero-order valence-electron chi connectivity index (χ0n) is 11.6. The first-order valence-electron chi connectivity index (χ1n) is 6.55. The number of rotatable bonds is 6. The van der Waals surface area contributed by atoms with Gasteiger partial charge in [-0.15, -0.1) is 0 Å². The van der Waals surface area contributed by atoms with Gasteiger partial charge in [0.05, 0.1) is 4.47 Å². The molecular weight excluding hydrogens is 476 g/mol. The molecule has 2 rings (SSSR count). The van der Waals surface area contributed by atoms with E-state index in [2.05, 4.69) is 47.8 Å². The molecule has 0 aromatic heterocycles. The first-order chi connectivity index (χ1) is 10.6. The Morgan fingerprint density at radius 1 is 1.00 bits per heavy atom. The van der Waals surface area contributed by atoms with E-state index in [0.29, 0.717) is 23.5 Å². The van der Waals surface area contributed by atoms with Crippen LogP contribution in [0.4, 0.5) is 0 Å². The van der Waals surface area contributed by atoms with Gasteiger partial charge in [-0.05, 0) is 58.4 Å². The molecule has 0 saturated carbocycles. The van der Waals surface area contributed by atoms with E-state index in [1.54, 1.807) is 30.3 Å². The van der Waals surface area contributed by atoms with Crippen LogP contribution in [0.1, 0.15) is 15.9 Å². The van der Waals surface area contributed by atoms with Crippen LogP contribution in [-0.2, 0) is 0 Å². The van der Waals surface area contributed by atoms with E-state index in [9.17, 15) is 4.79 Å². The van der Waals surface area contributed by atoms with Crippen molar-refractivity contribution < 1.29 is 9.53 Å². The molecule has 2 aromatic carbocycles. The van der Waals surface area contributed by atoms with Crippen LogP contribution in [0.15, 0.2) is 63.6 Å². The number of allylic oxidation sites excluding steroid dienone is 1. The predicted molar refractivity (Wildman–Crippen MR) is 100 cm³/mol. The van der Waals surface area contributed by atoms with Crippen molar-refractivity contribution in [2.45, 2.75) is 0 Å². The Kier molecular flexibility index (Phi) is 6.86. The van der Waals surface area contributed by atoms with Crippen molar-refractivity contribution in [1.82, 2.24) is 0 Å². The van der Waals surface area contributed by atoms with Crippen molar-refractivity contribution in [3.63, 3.8) is 0 Å². The molecule has 0 aliphatic rings. The minimum Gasteiger partial charge on any atom is -0.488 e. The third-order valence-corrected chi connectivity index (χ3v) is 4.41. The average molecular weight is 489 g/mol. The number of hydrogen-bond acceptors (Lipinski definition) is 2. The number of hydrogen-bond donors (Lipinski definition) is 0. The molecule has 0 atom stereocenters. The molecule has 0 unspecified atom stereocenters. The molecule has 0 spiro atoms. The molecule has 0 aliphatic heterocycles. The first kappa shape index (κ1) is 17.4. The SMILES string of the molecule is O=C(c1ccc(Br)cc1)c1ccc(OC/C=C/CBr)c(Br)c1. The summed E-state index contributed by atoms with van der Waals surface area (Å²) in [6.07, 6.45) is 3.90. The number of carbonyl (C=O) groups is 1. The van der Waals surface area contributed by atoms with Crippen LogP contribution >= 0.6 is 47.8 Å². The Bertz CT molecular complexity index is 679. The van der Waals surface area contributed by atoms with E-state index in [1.807, 2.05) is 24.3 Å². The molecule has 0 amide bonds. The fourth-order valence-corrected chi connectivity index (χ4v) is 2.82. The molecule has 2 nitrogen and oxygen atoms in total. The predicted octanol–water partition coefficient (Wildman–Crippen LogP) is 5.77. The highest BCUT2D eigenvalue weighted by Crippen LogP contribution is 2.27. The third kappa shape index (κ3) is 4.80. The van der Waals surface area contributed by atoms with Crippen LogP contribution in [-0.4, -0.2) is 17.7 Å². The van der Waals surface area contributed by atoms with Crippen molar-refractivity contribution in [1.29, 1.82) is 0 Å². The summed E-state index contributed by atoms with van der Waals surface area (Å²) in [4.78, 5) is 12.4. The zero-order chi connectivity index (χ0) is 15.9. The lowest BCUT2D eigenvalue weighted by Gasteiger charge is -2.08. The third-order valence-electron chi connectivity index (χ3n) is 2.89. The van der Waals surface area contributed by atoms with E-state index in [-0.39, 0.29) is 5.78 Å². The van der Waals surface area contributed by atoms with E-state index >= 15 is 0 Å². The van der Waals surface area contributed by atoms with Gasteiger partial charge in [-0.2, -0.15) is 0 Å². The lowest BCUT2D eigenvalue weighted by Crippen LogP contribution is -2.02. The summed E-state index contributed by atoms with van der Waals surface area (Å²) >= 11 is 10.1. The smallest absolute Gasteiger partial charge is 0.193 e. The Balaban J connectivity index is 2.13. The summed E-state index contributed by atoms with van der Waals surface area (Å²) in [5, 5.41) is 0.804. The van der Waals surface area contributed by atoms with Crippen LogP contribution in [0.2, 0.25) is 0 Å². The molecule has 0 heterocycles. The lowest BCUT2D eigenvalue weighted by atomic mass is 10.0. The number of carbonyl (C=O) groups excluding carboxylic acids is 1. The maximum Gasteiger partial charge on any atom is 0.193 e. The van der Waals surface area contributed by atoms with Gasteiger partial charge in [0.2, 0.25) is 0 Å². The van der Waals surface area contributed by atoms with Gasteiger partial charge in [0.15, 0.2) is 5.78 Å². The van der Waals surface area contributed by atoms with E-state index in [4.69, 9.17) is 4.74 Å². The molecule has 0 radical (unpaired) electrons. The molecule has 22 heavy (non-hydrogen) atoms. The fraction of sp³-hybridized carbons (Fsp3) is 0.118. The molecule has 0 N–H and O–H groups in total. The lowest BCUT2D eigenvalue weighted by molar-refractivity contribution is 0.103. The standard InChI is InChI=1S/C17H13Br3O2/c18-9-1-2-10-22-16-8-5-13(11-15(16)20)17(21)12-3-6-14(19)7-4-12/h1-8,11H,9-10H2/b2-1+. The second-order valence-corrected chi connectivity index (χ2v) is 6.84. The highest BCUT2D eigenvalue weighted by molar-refractivity contribution is 9.11. The van der Waals surface area contributed by atoms with E-state index in [1.165, 1.54) is 0 Å². The Morgan fingerprint density at radius 2 is 1.68 bits per heavy atom. The molecule has 5 heteroatoms. The molecule has 114 valence electrons. The molecule has 0 bridgehead atoms. The number of halogens is 3. The van der Waals surface area contributed by atoms with Gasteiger partial charge < -0.3 is 4.74 Å². The summed E-state index contributed by atoms with van der Waals surface area (Å²) < 4.78 is 7.34. The highest BCUT2D eigenvalue weighted by Gasteiger charge is 2.11. The summed E-state index contributed by atoms with van der Waals surface area (Å²) in [7, 11) is 0. The Labute approximate surface area is 155 Å². The quantitative estimate of drug-likeness (QED) is 0.293. The Hall–Kier alpha value is -0.910. The van der Waals surface area contributed by atoms with E-state index in [0.717, 1.165) is 14.3 Å². The fourth-order valence-electron chi connectivity index (χ4n) is 1.80. The summed E-state index contributed by atoms with van der Waals surface area (Å²) in [6, 6.07) is 12.7. The van der Waals surface area contributed by atoms with Crippen molar-refractivity contribution in [3.05, 3.63) is 74.7 Å². The average Bonchev–Trinajstić information content (AvgIpc) is 2.53. The second-order valence-electron chi connectivity index (χ2n) is 4.42. The number of ketones is 1. The van der Waals surface area contributed by atoms with Gasteiger partial charge in [-0.25, -0.2) is 0 Å². The monoisotopic (exact) mass is 486 g/mol. The topological polar surface area (TPSA) is 26.3 Å². The molecule has 0 saturated heterocycles. The summed E-state index contributed by atoms with van der Waals surface area (Å²) in [5.74, 6) is 0.700. The van der Waals surface area contributed by atoms with Gasteiger partial charge in [0.1, 0.15) is 12.4 Å². The van der Waals surface area contributed by atoms with Gasteiger partial charge in [0.25, 0.3) is 0 Å². The van der Waals surface area contributed by atoms with Crippen LogP contribution < -0.4 is 4.74 Å². The molecule has 0 fully saturated rings. The molecular formula is C17H13Br3O2. The zero-order valence-corrected chi connectivity index (χ0v) is 16.3. The van der Waals surface area contributed by atoms with Crippen molar-refractivity contribution in [3.8, 4) is 5.75 Å². The Morgan fingerprint density at radius 3 is 2.32 bits per heavy atom. The summed E-state index contributed by atoms with van der Waals surface area (Å²) in [6.45, 7) is 0.490. The van der Waals surface area contributed by atoms with Crippen LogP contribution in [0, 0.1) is 0 Å². The highest BCUT2D eigenvalue weighted by atomic mass is 79.9. The van der Waals surface area contributed by atoms with Crippen LogP contribution in [0.5, 0.6) is 5.75 Å². The number of ether oxygens (including phenoxy) is 1. The first-order valence-corrected chi connectivity index (χ1v) is 9.26. The molecule has 0 aliphatic carbocycles. The minimum atomic E-state index is -0.0149. The van der Waals surface area contributed by atoms with Crippen LogP contribution in [0.25, 0.3) is 0 Å². The minimum absolute atomic E-state index is 0.0149. The van der Waals surface area contributed by atoms with Crippen molar-refractivity contribution in [2.75, 3.05) is 11.9 Å². The maximum atomic E-state index is 12.4. The largest absolute Gasteiger partial charge is 0.488 e. The molecule has 2 aromatic rings. The maximum absolute atomic E-state index is 12.4. The second kappa shape index (κ2) is 8.65. The summed E-state index contributed by atoms with van der Waals surface area (Å²) in [5.41, 5.74) is 1.28.